The quantitative estimate of drug-likeness (QED) is 0.531. The lowest BCUT2D eigenvalue weighted by atomic mass is 10.1. The molecule has 0 aliphatic heterocycles. The summed E-state index contributed by atoms with van der Waals surface area (Å²) in [5, 5.41) is 14.0. The number of alkyl halides is 3. The van der Waals surface area contributed by atoms with E-state index < -0.39 is 29.5 Å². The number of hydrogen-bond donors (Lipinski definition) is 3. The summed E-state index contributed by atoms with van der Waals surface area (Å²) in [6.07, 6.45) is -4.08. The van der Waals surface area contributed by atoms with Gasteiger partial charge in [0.15, 0.2) is 0 Å². The Morgan fingerprint density at radius 3 is 2.43 bits per heavy atom. The Balaban J connectivity index is 2.24. The summed E-state index contributed by atoms with van der Waals surface area (Å²) in [5.74, 6) is -2.08. The minimum absolute atomic E-state index is 0.0144. The zero-order valence-electron chi connectivity index (χ0n) is 16.4. The number of amides is 2. The first kappa shape index (κ1) is 23.4. The molecule has 30 heavy (non-hydrogen) atoms. The average molecular weight is 442 g/mol. The number of carboxylic acid groups (broad SMARTS) is 1. The van der Waals surface area contributed by atoms with E-state index in [0.717, 1.165) is 17.0 Å². The summed E-state index contributed by atoms with van der Waals surface area (Å²) in [7, 11) is 0. The standard InChI is InChI=1S/C20H21F3N2O4S/c1-3-14-11(2)30-19(25-15(26)8-5-9-16(27)28)17(14)18(29)24-13-7-4-6-12(10-13)20(21,22)23/h4,6-7,10H,3,5,8-9H2,1-2H3,(H,24,29)(H,25,26)(H,27,28). The SMILES string of the molecule is CCc1c(C)sc(NC(=O)CCCC(=O)O)c1C(=O)Nc1cccc(C(F)(F)F)c1. The second kappa shape index (κ2) is 9.75. The lowest BCUT2D eigenvalue weighted by Crippen LogP contribution is -2.18. The van der Waals surface area contributed by atoms with Crippen molar-refractivity contribution in [3.63, 3.8) is 0 Å². The topological polar surface area (TPSA) is 95.5 Å². The molecule has 2 rings (SSSR count). The molecule has 0 unspecified atom stereocenters. The van der Waals surface area contributed by atoms with Crippen LogP contribution in [0.4, 0.5) is 23.9 Å². The number of carbonyl (C=O) groups excluding carboxylic acids is 2. The van der Waals surface area contributed by atoms with E-state index in [4.69, 9.17) is 5.11 Å². The van der Waals surface area contributed by atoms with Gasteiger partial charge < -0.3 is 15.7 Å². The number of rotatable bonds is 8. The van der Waals surface area contributed by atoms with Crippen LogP contribution in [-0.4, -0.2) is 22.9 Å². The first-order valence-corrected chi connectivity index (χ1v) is 9.97. The van der Waals surface area contributed by atoms with Crippen LogP contribution in [0.2, 0.25) is 0 Å². The van der Waals surface area contributed by atoms with Crippen molar-refractivity contribution in [3.05, 3.63) is 45.8 Å². The number of nitrogens with one attached hydrogen (secondary N) is 2. The molecule has 0 saturated heterocycles. The van der Waals surface area contributed by atoms with E-state index in [0.29, 0.717) is 12.0 Å². The highest BCUT2D eigenvalue weighted by Crippen LogP contribution is 2.35. The van der Waals surface area contributed by atoms with E-state index >= 15 is 0 Å². The van der Waals surface area contributed by atoms with Crippen LogP contribution < -0.4 is 10.6 Å². The van der Waals surface area contributed by atoms with Crippen molar-refractivity contribution in [3.8, 4) is 0 Å². The van der Waals surface area contributed by atoms with Gasteiger partial charge in [-0.15, -0.1) is 11.3 Å². The summed E-state index contributed by atoms with van der Waals surface area (Å²) >= 11 is 1.19. The number of aryl methyl sites for hydroxylation is 1. The summed E-state index contributed by atoms with van der Waals surface area (Å²) in [6.45, 7) is 3.61. The van der Waals surface area contributed by atoms with E-state index in [1.807, 2.05) is 6.92 Å². The molecule has 0 atom stereocenters. The van der Waals surface area contributed by atoms with Crippen molar-refractivity contribution in [1.29, 1.82) is 0 Å². The van der Waals surface area contributed by atoms with Crippen LogP contribution in [0.25, 0.3) is 0 Å². The Labute approximate surface area is 175 Å². The van der Waals surface area contributed by atoms with Crippen molar-refractivity contribution in [1.82, 2.24) is 0 Å². The fourth-order valence-corrected chi connectivity index (χ4v) is 4.05. The monoisotopic (exact) mass is 442 g/mol. The van der Waals surface area contributed by atoms with Crippen molar-refractivity contribution < 1.29 is 32.7 Å². The van der Waals surface area contributed by atoms with Crippen LogP contribution in [0.1, 0.15) is 52.5 Å². The fourth-order valence-electron chi connectivity index (χ4n) is 2.89. The van der Waals surface area contributed by atoms with Crippen LogP contribution in [0, 0.1) is 6.92 Å². The third kappa shape index (κ3) is 6.06. The smallest absolute Gasteiger partial charge is 0.416 e. The number of carbonyl (C=O) groups is 3. The van der Waals surface area contributed by atoms with Crippen LogP contribution in [0.15, 0.2) is 24.3 Å². The molecule has 0 radical (unpaired) electrons. The highest BCUT2D eigenvalue weighted by Gasteiger charge is 2.31. The maximum atomic E-state index is 12.9. The molecule has 1 aromatic carbocycles. The summed E-state index contributed by atoms with van der Waals surface area (Å²) in [6, 6.07) is 4.29. The Bertz CT molecular complexity index is 954. The molecule has 3 N–H and O–H groups in total. The van der Waals surface area contributed by atoms with Gasteiger partial charge in [0.1, 0.15) is 5.00 Å². The first-order chi connectivity index (χ1) is 14.0. The second-order valence-corrected chi connectivity index (χ2v) is 7.75. The minimum Gasteiger partial charge on any atom is -0.481 e. The van der Waals surface area contributed by atoms with Crippen LogP contribution in [-0.2, 0) is 22.2 Å². The van der Waals surface area contributed by atoms with Crippen molar-refractivity contribution in [2.24, 2.45) is 0 Å². The zero-order chi connectivity index (χ0) is 22.5. The lowest BCUT2D eigenvalue weighted by molar-refractivity contribution is -0.138. The molecule has 10 heteroatoms. The number of thiophene rings is 1. The Hall–Kier alpha value is -2.88. The van der Waals surface area contributed by atoms with Gasteiger partial charge >= 0.3 is 12.1 Å². The molecular formula is C20H21F3N2O4S. The molecular weight excluding hydrogens is 421 g/mol. The largest absolute Gasteiger partial charge is 0.481 e. The number of anilines is 2. The summed E-state index contributed by atoms with van der Waals surface area (Å²) in [5.41, 5.74) is -0.0155. The van der Waals surface area contributed by atoms with E-state index in [2.05, 4.69) is 10.6 Å². The fraction of sp³-hybridized carbons (Fsp3) is 0.350. The van der Waals surface area contributed by atoms with Gasteiger partial charge in [0.2, 0.25) is 5.91 Å². The van der Waals surface area contributed by atoms with E-state index in [1.54, 1.807) is 6.92 Å². The van der Waals surface area contributed by atoms with Crippen molar-refractivity contribution in [2.45, 2.75) is 45.7 Å². The summed E-state index contributed by atoms with van der Waals surface area (Å²) in [4.78, 5) is 36.4. The Kier molecular flexibility index (Phi) is 7.60. The molecule has 6 nitrogen and oxygen atoms in total. The molecule has 162 valence electrons. The highest BCUT2D eigenvalue weighted by atomic mass is 32.1. The predicted octanol–water partition coefficient (Wildman–Crippen LogP) is 5.08. The Morgan fingerprint density at radius 1 is 1.13 bits per heavy atom. The molecule has 0 saturated carbocycles. The average Bonchev–Trinajstić information content (AvgIpc) is 2.95. The first-order valence-electron chi connectivity index (χ1n) is 9.15. The van der Waals surface area contributed by atoms with E-state index in [1.165, 1.54) is 23.5 Å². The molecule has 0 bridgehead atoms. The molecule has 2 amide bonds. The van der Waals surface area contributed by atoms with Gasteiger partial charge in [0, 0.05) is 23.4 Å². The van der Waals surface area contributed by atoms with E-state index in [-0.39, 0.29) is 35.5 Å². The van der Waals surface area contributed by atoms with Gasteiger partial charge in [0.25, 0.3) is 5.91 Å². The predicted molar refractivity (Wildman–Crippen MR) is 108 cm³/mol. The molecule has 2 aromatic rings. The van der Waals surface area contributed by atoms with Crippen LogP contribution >= 0.6 is 11.3 Å². The van der Waals surface area contributed by atoms with Crippen molar-refractivity contribution in [2.75, 3.05) is 10.6 Å². The normalized spacial score (nSPS) is 11.2. The number of hydrogen-bond acceptors (Lipinski definition) is 4. The molecule has 1 aromatic heterocycles. The van der Waals surface area contributed by atoms with Gasteiger partial charge in [-0.3, -0.25) is 14.4 Å². The number of benzene rings is 1. The van der Waals surface area contributed by atoms with Gasteiger partial charge in [-0.1, -0.05) is 13.0 Å². The highest BCUT2D eigenvalue weighted by molar-refractivity contribution is 7.16. The van der Waals surface area contributed by atoms with Crippen LogP contribution in [0.3, 0.4) is 0 Å². The number of aliphatic carboxylic acids is 1. The lowest BCUT2D eigenvalue weighted by Gasteiger charge is -2.12. The summed E-state index contributed by atoms with van der Waals surface area (Å²) < 4.78 is 38.7. The maximum Gasteiger partial charge on any atom is 0.416 e. The Morgan fingerprint density at radius 2 is 1.83 bits per heavy atom. The molecule has 0 aliphatic carbocycles. The zero-order valence-corrected chi connectivity index (χ0v) is 17.2. The van der Waals surface area contributed by atoms with E-state index in [9.17, 15) is 27.6 Å². The maximum absolute atomic E-state index is 12.9. The van der Waals surface area contributed by atoms with Gasteiger partial charge in [0.05, 0.1) is 11.1 Å². The molecule has 1 heterocycles. The van der Waals surface area contributed by atoms with Crippen LogP contribution in [0.5, 0.6) is 0 Å². The number of halogens is 3. The minimum atomic E-state index is -4.54. The van der Waals surface area contributed by atoms with Crippen molar-refractivity contribution >= 4 is 39.8 Å². The van der Waals surface area contributed by atoms with Gasteiger partial charge in [-0.05, 0) is 43.5 Å². The third-order valence-corrected chi connectivity index (χ3v) is 5.35. The molecule has 0 spiro atoms. The molecule has 0 aliphatic rings. The molecule has 0 fully saturated rings. The number of carboxylic acids is 1. The third-order valence-electron chi connectivity index (χ3n) is 4.28. The second-order valence-electron chi connectivity index (χ2n) is 6.52. The van der Waals surface area contributed by atoms with Gasteiger partial charge in [-0.2, -0.15) is 13.2 Å². The van der Waals surface area contributed by atoms with Gasteiger partial charge in [-0.25, -0.2) is 0 Å².